The van der Waals surface area contributed by atoms with Crippen LogP contribution in [0.15, 0.2) is 62.9 Å². The number of methoxy groups -OCH3 is 1. The third kappa shape index (κ3) is 3.79. The number of phenols is 1. The lowest BCUT2D eigenvalue weighted by atomic mass is 10.0. The second-order valence-electron chi connectivity index (χ2n) is 5.84. The first-order chi connectivity index (χ1) is 13.8. The Kier molecular flexibility index (Phi) is 5.31. The average molecular weight is 404 g/mol. The molecule has 3 N–H and O–H groups in total. The summed E-state index contributed by atoms with van der Waals surface area (Å²) in [6.07, 6.45) is -3.12. The highest BCUT2D eigenvalue weighted by Gasteiger charge is 2.40. The summed E-state index contributed by atoms with van der Waals surface area (Å²) in [7, 11) is 1.13. The maximum atomic E-state index is 13.7. The Labute approximate surface area is 162 Å². The molecular formula is C20H15F3N2O4. The van der Waals surface area contributed by atoms with E-state index >= 15 is 0 Å². The Balaban J connectivity index is 2.31. The van der Waals surface area contributed by atoms with E-state index in [0.717, 1.165) is 31.7 Å². The fourth-order valence-electron chi connectivity index (χ4n) is 2.73. The van der Waals surface area contributed by atoms with Crippen molar-refractivity contribution in [3.8, 4) is 11.5 Å². The van der Waals surface area contributed by atoms with Crippen LogP contribution in [-0.2, 0) is 6.18 Å². The van der Waals surface area contributed by atoms with Crippen molar-refractivity contribution in [2.75, 3.05) is 7.11 Å². The van der Waals surface area contributed by atoms with Gasteiger partial charge in [-0.2, -0.15) is 13.2 Å². The minimum atomic E-state index is -5.02. The Bertz CT molecular complexity index is 1170. The van der Waals surface area contributed by atoms with Crippen LogP contribution in [0.25, 0.3) is 16.5 Å². The number of halogens is 3. The topological polar surface area (TPSA) is 98.0 Å². The number of fused-ring (bicyclic) bond motifs is 1. The molecule has 0 spiro atoms. The van der Waals surface area contributed by atoms with E-state index in [1.165, 1.54) is 0 Å². The molecule has 9 heteroatoms. The van der Waals surface area contributed by atoms with E-state index in [1.54, 1.807) is 30.3 Å². The molecule has 0 aliphatic rings. The Morgan fingerprint density at radius 3 is 2.48 bits per heavy atom. The van der Waals surface area contributed by atoms with E-state index in [4.69, 9.17) is 14.9 Å². The lowest BCUT2D eigenvalue weighted by Crippen LogP contribution is -2.19. The molecule has 0 fully saturated rings. The van der Waals surface area contributed by atoms with Crippen LogP contribution in [0.4, 0.5) is 18.9 Å². The largest absolute Gasteiger partial charge is 0.504 e. The van der Waals surface area contributed by atoms with Gasteiger partial charge in [-0.1, -0.05) is 18.2 Å². The molecule has 0 saturated heterocycles. The first-order valence-corrected chi connectivity index (χ1v) is 8.23. The van der Waals surface area contributed by atoms with Gasteiger partial charge < -0.3 is 20.0 Å². The molecule has 0 aliphatic carbocycles. The van der Waals surface area contributed by atoms with Crippen molar-refractivity contribution in [3.63, 3.8) is 0 Å². The summed E-state index contributed by atoms with van der Waals surface area (Å²) in [4.78, 5) is 17.0. The van der Waals surface area contributed by atoms with Gasteiger partial charge in [0.2, 0.25) is 16.9 Å². The summed E-state index contributed by atoms with van der Waals surface area (Å²) in [5.41, 5.74) is 3.38. The Morgan fingerprint density at radius 1 is 1.21 bits per heavy atom. The lowest BCUT2D eigenvalue weighted by Gasteiger charge is -2.14. The van der Waals surface area contributed by atoms with Gasteiger partial charge in [-0.3, -0.25) is 9.79 Å². The summed E-state index contributed by atoms with van der Waals surface area (Å²) in [6.45, 7) is 0. The molecule has 2 aromatic carbocycles. The zero-order valence-electron chi connectivity index (χ0n) is 15.0. The number of rotatable bonds is 4. The van der Waals surface area contributed by atoms with E-state index in [-0.39, 0.29) is 16.7 Å². The van der Waals surface area contributed by atoms with Crippen molar-refractivity contribution in [1.29, 1.82) is 0 Å². The SMILES string of the molecule is COc1c(O)ccc2c(=O)c(/C(C=Nc3ccccc3)=C/N)c(C(F)(F)F)oc12. The molecule has 6 nitrogen and oxygen atoms in total. The zero-order chi connectivity index (χ0) is 21.2. The minimum absolute atomic E-state index is 0.213. The molecule has 0 amide bonds. The van der Waals surface area contributed by atoms with E-state index in [0.29, 0.717) is 5.69 Å². The van der Waals surface area contributed by atoms with Gasteiger partial charge >= 0.3 is 6.18 Å². The molecule has 29 heavy (non-hydrogen) atoms. The highest BCUT2D eigenvalue weighted by atomic mass is 19.4. The molecule has 0 bridgehead atoms. The predicted octanol–water partition coefficient (Wildman–Crippen LogP) is 4.23. The van der Waals surface area contributed by atoms with Crippen molar-refractivity contribution in [2.45, 2.75) is 6.18 Å². The quantitative estimate of drug-likeness (QED) is 0.634. The first-order valence-electron chi connectivity index (χ1n) is 8.23. The monoisotopic (exact) mass is 404 g/mol. The molecule has 150 valence electrons. The lowest BCUT2D eigenvalue weighted by molar-refractivity contribution is -0.153. The summed E-state index contributed by atoms with van der Waals surface area (Å²) in [6, 6.07) is 10.7. The van der Waals surface area contributed by atoms with Gasteiger partial charge in [0.25, 0.3) is 0 Å². The second-order valence-corrected chi connectivity index (χ2v) is 5.84. The minimum Gasteiger partial charge on any atom is -0.504 e. The number of aliphatic imine (C=N–C) groups is 1. The van der Waals surface area contributed by atoms with E-state index in [1.807, 2.05) is 0 Å². The van der Waals surface area contributed by atoms with Crippen LogP contribution >= 0.6 is 0 Å². The van der Waals surface area contributed by atoms with E-state index in [2.05, 4.69) is 4.99 Å². The number of alkyl halides is 3. The number of allylic oxidation sites excluding steroid dienone is 1. The normalized spacial score (nSPS) is 12.6. The van der Waals surface area contributed by atoms with Gasteiger partial charge in [0.05, 0.1) is 23.7 Å². The van der Waals surface area contributed by atoms with E-state index in [9.17, 15) is 23.1 Å². The predicted molar refractivity (Wildman–Crippen MR) is 102 cm³/mol. The van der Waals surface area contributed by atoms with Crippen molar-refractivity contribution in [3.05, 3.63) is 70.2 Å². The third-order valence-electron chi connectivity index (χ3n) is 4.03. The Morgan fingerprint density at radius 2 is 1.90 bits per heavy atom. The van der Waals surface area contributed by atoms with Crippen LogP contribution in [0.3, 0.4) is 0 Å². The molecule has 3 aromatic rings. The fourth-order valence-corrected chi connectivity index (χ4v) is 2.73. The molecule has 0 unspecified atom stereocenters. The zero-order valence-corrected chi connectivity index (χ0v) is 15.0. The molecule has 0 saturated carbocycles. The van der Waals surface area contributed by atoms with Gasteiger partial charge in [0, 0.05) is 18.0 Å². The van der Waals surface area contributed by atoms with E-state index < -0.39 is 34.3 Å². The average Bonchev–Trinajstić information content (AvgIpc) is 2.69. The molecule has 0 atom stereocenters. The van der Waals surface area contributed by atoms with Crippen molar-refractivity contribution in [2.24, 2.45) is 10.7 Å². The van der Waals surface area contributed by atoms with Crippen LogP contribution in [0.5, 0.6) is 11.5 Å². The number of aromatic hydroxyl groups is 1. The molecule has 0 aliphatic heterocycles. The number of para-hydroxylation sites is 1. The highest BCUT2D eigenvalue weighted by Crippen LogP contribution is 2.40. The number of nitrogens with two attached hydrogens (primary N) is 1. The fraction of sp³-hybridized carbons (Fsp3) is 0.100. The standard InChI is InChI=1S/C20H15F3N2O4/c1-28-18-14(26)8-7-13-16(27)15(19(20(21,22)23)29-17(13)18)11(9-24)10-25-12-5-3-2-4-6-12/h2-10,26H,24H2,1H3/b11-9+,25-10?. The third-order valence-corrected chi connectivity index (χ3v) is 4.03. The summed E-state index contributed by atoms with van der Waals surface area (Å²) in [5, 5.41) is 9.59. The number of phenolic OH excluding ortho intramolecular Hbond substituents is 1. The van der Waals surface area contributed by atoms with Crippen LogP contribution < -0.4 is 15.9 Å². The molecule has 0 radical (unpaired) electrons. The Hall–Kier alpha value is -3.75. The number of benzene rings is 2. The van der Waals surface area contributed by atoms with Gasteiger partial charge in [0.1, 0.15) is 0 Å². The van der Waals surface area contributed by atoms with Crippen LogP contribution in [0, 0.1) is 0 Å². The smallest absolute Gasteiger partial charge is 0.450 e. The van der Waals surface area contributed by atoms with Crippen LogP contribution in [0.2, 0.25) is 0 Å². The van der Waals surface area contributed by atoms with Crippen molar-refractivity contribution >= 4 is 28.4 Å². The summed E-state index contributed by atoms with van der Waals surface area (Å²) in [5.74, 6) is -2.42. The molecular weight excluding hydrogens is 389 g/mol. The van der Waals surface area contributed by atoms with Crippen molar-refractivity contribution in [1.82, 2.24) is 0 Å². The highest BCUT2D eigenvalue weighted by molar-refractivity contribution is 6.11. The number of ether oxygens (including phenoxy) is 1. The number of hydrogen-bond donors (Lipinski definition) is 2. The molecule has 1 heterocycles. The summed E-state index contributed by atoms with van der Waals surface area (Å²) >= 11 is 0. The number of hydrogen-bond acceptors (Lipinski definition) is 6. The maximum absolute atomic E-state index is 13.7. The summed E-state index contributed by atoms with van der Waals surface area (Å²) < 4.78 is 51.0. The molecule has 1 aromatic heterocycles. The van der Waals surface area contributed by atoms with Gasteiger partial charge in [0.15, 0.2) is 11.3 Å². The number of nitrogens with zero attached hydrogens (tertiary/aromatic N) is 1. The van der Waals surface area contributed by atoms with Crippen LogP contribution in [-0.4, -0.2) is 18.4 Å². The van der Waals surface area contributed by atoms with Gasteiger partial charge in [-0.15, -0.1) is 0 Å². The second kappa shape index (κ2) is 7.70. The van der Waals surface area contributed by atoms with Gasteiger partial charge in [-0.05, 0) is 24.3 Å². The maximum Gasteiger partial charge on any atom is 0.450 e. The van der Waals surface area contributed by atoms with Gasteiger partial charge in [-0.25, -0.2) is 0 Å². The molecule has 3 rings (SSSR count). The van der Waals surface area contributed by atoms with Crippen molar-refractivity contribution < 1.29 is 27.4 Å². The first kappa shape index (κ1) is 20.0. The van der Waals surface area contributed by atoms with Crippen LogP contribution in [0.1, 0.15) is 11.3 Å².